The van der Waals surface area contributed by atoms with Gasteiger partial charge in [0.15, 0.2) is 0 Å². The van der Waals surface area contributed by atoms with Gasteiger partial charge in [-0.25, -0.2) is 0 Å². The Hall–Kier alpha value is -1.66. The van der Waals surface area contributed by atoms with Gasteiger partial charge in [0.1, 0.15) is 0 Å². The van der Waals surface area contributed by atoms with Crippen molar-refractivity contribution in [2.75, 3.05) is 13.2 Å². The molecule has 0 bridgehead atoms. The van der Waals surface area contributed by atoms with E-state index in [1.54, 1.807) is 0 Å². The third kappa shape index (κ3) is 75.3. The van der Waals surface area contributed by atoms with E-state index in [1.807, 2.05) is 0 Å². The molecule has 0 aliphatic carbocycles. The number of hydrogen-bond donors (Lipinski definition) is 3. The number of rotatable bonds is 78. The molecular weight excluding hydrogens is 1090 g/mol. The molecule has 0 rings (SSSR count). The van der Waals surface area contributed by atoms with Crippen LogP contribution in [0.5, 0.6) is 0 Å². The molecule has 528 valence electrons. The Morgan fingerprint density at radius 1 is 0.303 bits per heavy atom. The van der Waals surface area contributed by atoms with Gasteiger partial charge in [-0.2, -0.15) is 0 Å². The summed E-state index contributed by atoms with van der Waals surface area (Å²) in [5, 5.41) is 23.5. The molecule has 0 heterocycles. The van der Waals surface area contributed by atoms with Crippen molar-refractivity contribution < 1.29 is 24.5 Å². The summed E-state index contributed by atoms with van der Waals surface area (Å²) in [4.78, 5) is 24.7. The fourth-order valence-electron chi connectivity index (χ4n) is 13.2. The van der Waals surface area contributed by atoms with E-state index in [0.717, 1.165) is 44.9 Å². The van der Waals surface area contributed by atoms with Crippen molar-refractivity contribution in [3.05, 3.63) is 24.3 Å². The average molecular weight is 1250 g/mol. The van der Waals surface area contributed by atoms with E-state index < -0.39 is 12.1 Å². The van der Waals surface area contributed by atoms with Crippen LogP contribution in [0.1, 0.15) is 470 Å². The zero-order valence-corrected chi connectivity index (χ0v) is 60.7. The summed E-state index contributed by atoms with van der Waals surface area (Å²) in [6.45, 7) is 4.99. The van der Waals surface area contributed by atoms with Gasteiger partial charge in [0, 0.05) is 12.8 Å². The summed E-state index contributed by atoms with van der Waals surface area (Å²) < 4.78 is 5.49. The Kier molecular flexibility index (Phi) is 77.3. The highest BCUT2D eigenvalue weighted by atomic mass is 16.5. The third-order valence-corrected chi connectivity index (χ3v) is 19.5. The van der Waals surface area contributed by atoms with E-state index in [-0.39, 0.29) is 18.5 Å². The van der Waals surface area contributed by atoms with Crippen molar-refractivity contribution in [3.63, 3.8) is 0 Å². The number of ether oxygens (including phenoxy) is 1. The standard InChI is InChI=1S/C83H161NO5/c1-3-5-7-9-11-13-15-17-19-20-21-22-23-33-36-39-42-45-48-51-55-59-63-67-71-75-81(86)80(79-85)84-82(87)76-72-68-64-60-56-52-49-46-43-40-37-34-31-29-27-25-24-26-28-30-32-35-38-41-44-47-50-54-58-62-66-70-74-78-89-83(88)77-73-69-65-61-57-53-18-16-14-12-10-8-6-4-2/h16,18,28,30,80-81,85-86H,3-15,17,19-27,29,31-79H2,1-2H3,(H,84,87)/b18-16-,30-28-. The highest BCUT2D eigenvalue weighted by Gasteiger charge is 2.20. The van der Waals surface area contributed by atoms with E-state index in [2.05, 4.69) is 43.5 Å². The lowest BCUT2D eigenvalue weighted by Crippen LogP contribution is -2.45. The molecule has 89 heavy (non-hydrogen) atoms. The molecule has 0 spiro atoms. The Bertz CT molecular complexity index is 1400. The summed E-state index contributed by atoms with van der Waals surface area (Å²) in [5.41, 5.74) is 0. The summed E-state index contributed by atoms with van der Waals surface area (Å²) in [7, 11) is 0. The molecule has 0 fully saturated rings. The van der Waals surface area contributed by atoms with Gasteiger partial charge in [-0.1, -0.05) is 404 Å². The van der Waals surface area contributed by atoms with Crippen LogP contribution in [0.25, 0.3) is 0 Å². The molecule has 0 aliphatic heterocycles. The van der Waals surface area contributed by atoms with E-state index in [1.165, 1.54) is 392 Å². The Balaban J connectivity index is 3.35. The Morgan fingerprint density at radius 2 is 0.528 bits per heavy atom. The monoisotopic (exact) mass is 1250 g/mol. The summed E-state index contributed by atoms with van der Waals surface area (Å²) in [5.74, 6) is -0.0146. The first-order valence-corrected chi connectivity index (χ1v) is 41.1. The van der Waals surface area contributed by atoms with Crippen molar-refractivity contribution in [1.29, 1.82) is 0 Å². The maximum absolute atomic E-state index is 12.6. The second kappa shape index (κ2) is 78.8. The number of amides is 1. The van der Waals surface area contributed by atoms with Gasteiger partial charge in [0.05, 0.1) is 25.4 Å². The number of carbonyl (C=O) groups excluding carboxylic acids is 2. The molecule has 0 aromatic heterocycles. The highest BCUT2D eigenvalue weighted by molar-refractivity contribution is 5.76. The zero-order chi connectivity index (χ0) is 64.2. The maximum Gasteiger partial charge on any atom is 0.305 e. The zero-order valence-electron chi connectivity index (χ0n) is 60.7. The molecule has 0 saturated carbocycles. The first kappa shape index (κ1) is 87.3. The molecule has 0 saturated heterocycles. The fraction of sp³-hybridized carbons (Fsp3) is 0.928. The highest BCUT2D eigenvalue weighted by Crippen LogP contribution is 2.20. The van der Waals surface area contributed by atoms with Crippen LogP contribution in [0.4, 0.5) is 0 Å². The van der Waals surface area contributed by atoms with Gasteiger partial charge < -0.3 is 20.3 Å². The van der Waals surface area contributed by atoms with Gasteiger partial charge in [0.2, 0.25) is 5.91 Å². The molecule has 0 radical (unpaired) electrons. The summed E-state index contributed by atoms with van der Waals surface area (Å²) >= 11 is 0. The van der Waals surface area contributed by atoms with E-state index in [4.69, 9.17) is 4.74 Å². The van der Waals surface area contributed by atoms with E-state index in [0.29, 0.717) is 25.9 Å². The minimum Gasteiger partial charge on any atom is -0.466 e. The lowest BCUT2D eigenvalue weighted by Gasteiger charge is -2.22. The third-order valence-electron chi connectivity index (χ3n) is 19.5. The molecule has 3 N–H and O–H groups in total. The molecule has 0 aromatic rings. The van der Waals surface area contributed by atoms with Gasteiger partial charge in [-0.15, -0.1) is 0 Å². The number of nitrogens with one attached hydrogen (secondary N) is 1. The first-order valence-electron chi connectivity index (χ1n) is 41.1. The number of aliphatic hydroxyl groups excluding tert-OH is 2. The second-order valence-electron chi connectivity index (χ2n) is 28.5. The minimum absolute atomic E-state index is 0.0112. The molecule has 6 nitrogen and oxygen atoms in total. The minimum atomic E-state index is -0.664. The molecule has 1 amide bonds. The van der Waals surface area contributed by atoms with Crippen molar-refractivity contribution in [1.82, 2.24) is 5.32 Å². The van der Waals surface area contributed by atoms with Crippen LogP contribution in [-0.4, -0.2) is 47.4 Å². The lowest BCUT2D eigenvalue weighted by molar-refractivity contribution is -0.143. The molecular formula is C83H161NO5. The van der Waals surface area contributed by atoms with E-state index in [9.17, 15) is 19.8 Å². The van der Waals surface area contributed by atoms with Gasteiger partial charge in [-0.3, -0.25) is 9.59 Å². The van der Waals surface area contributed by atoms with Gasteiger partial charge in [-0.05, 0) is 77.0 Å². The van der Waals surface area contributed by atoms with Crippen molar-refractivity contribution >= 4 is 11.9 Å². The SMILES string of the molecule is CCCCCCC/C=C\CCCCCCCC(=O)OCCCCCCCCCCCCCC/C=C\CCCCCCCCCCCCCCCCCCCC(=O)NC(CO)C(O)CCCCCCCCCCCCCCCCCCCCCCCCCCC. The van der Waals surface area contributed by atoms with Crippen LogP contribution in [0.15, 0.2) is 24.3 Å². The van der Waals surface area contributed by atoms with Crippen LogP contribution in [0.3, 0.4) is 0 Å². The van der Waals surface area contributed by atoms with Gasteiger partial charge >= 0.3 is 5.97 Å². The number of unbranched alkanes of at least 4 members (excludes halogenated alkanes) is 63. The normalized spacial score (nSPS) is 12.5. The molecule has 6 heteroatoms. The lowest BCUT2D eigenvalue weighted by atomic mass is 10.0. The summed E-state index contributed by atoms with van der Waals surface area (Å²) in [6.07, 6.45) is 101. The smallest absolute Gasteiger partial charge is 0.305 e. The van der Waals surface area contributed by atoms with Crippen LogP contribution >= 0.6 is 0 Å². The number of hydrogen-bond acceptors (Lipinski definition) is 5. The Labute approximate surface area is 558 Å². The van der Waals surface area contributed by atoms with Crippen LogP contribution in [0, 0.1) is 0 Å². The van der Waals surface area contributed by atoms with Crippen LogP contribution in [0.2, 0.25) is 0 Å². The fourth-order valence-corrected chi connectivity index (χ4v) is 13.2. The second-order valence-corrected chi connectivity index (χ2v) is 28.5. The van der Waals surface area contributed by atoms with Crippen molar-refractivity contribution in [3.8, 4) is 0 Å². The molecule has 0 aromatic carbocycles. The largest absolute Gasteiger partial charge is 0.466 e. The maximum atomic E-state index is 12.6. The predicted molar refractivity (Wildman–Crippen MR) is 393 cm³/mol. The number of aliphatic hydroxyl groups is 2. The number of allylic oxidation sites excluding steroid dienone is 4. The van der Waals surface area contributed by atoms with E-state index >= 15 is 0 Å². The van der Waals surface area contributed by atoms with Crippen LogP contribution < -0.4 is 5.32 Å². The topological polar surface area (TPSA) is 95.9 Å². The van der Waals surface area contributed by atoms with Crippen molar-refractivity contribution in [2.45, 2.75) is 482 Å². The molecule has 2 unspecified atom stereocenters. The molecule has 0 aliphatic rings. The summed E-state index contributed by atoms with van der Waals surface area (Å²) in [6, 6.07) is -0.541. The van der Waals surface area contributed by atoms with Gasteiger partial charge in [0.25, 0.3) is 0 Å². The number of carbonyl (C=O) groups is 2. The quantitative estimate of drug-likeness (QED) is 0.0320. The predicted octanol–water partition coefficient (Wildman–Crippen LogP) is 27.2. The van der Waals surface area contributed by atoms with Crippen LogP contribution in [-0.2, 0) is 14.3 Å². The average Bonchev–Trinajstić information content (AvgIpc) is 3.68. The van der Waals surface area contributed by atoms with Crippen molar-refractivity contribution in [2.24, 2.45) is 0 Å². The number of esters is 1. The molecule has 2 atom stereocenters. The Morgan fingerprint density at radius 3 is 0.798 bits per heavy atom. The first-order chi connectivity index (χ1) is 44.0.